The lowest BCUT2D eigenvalue weighted by Gasteiger charge is -2.27. The predicted octanol–water partition coefficient (Wildman–Crippen LogP) is 2.74. The number of hydrogen-bond donors (Lipinski definition) is 1. The number of rotatable bonds is 5. The first-order chi connectivity index (χ1) is 7.93. The predicted molar refractivity (Wildman–Crippen MR) is 73.4 cm³/mol. The summed E-state index contributed by atoms with van der Waals surface area (Å²) in [5.74, 6) is -0.0425. The van der Waals surface area contributed by atoms with Crippen molar-refractivity contribution in [3.63, 3.8) is 0 Å². The fraction of sp³-hybridized carbons (Fsp3) is 0.462. The van der Waals surface area contributed by atoms with E-state index in [0.29, 0.717) is 10.6 Å². The molecular weight excluding hydrogens is 235 g/mol. The summed E-state index contributed by atoms with van der Waals surface area (Å²) in [6, 6.07) is 6.84. The van der Waals surface area contributed by atoms with E-state index in [-0.39, 0.29) is 17.8 Å². The summed E-state index contributed by atoms with van der Waals surface area (Å²) in [5.41, 5.74) is 6.28. The molecule has 0 radical (unpaired) electrons. The molecule has 94 valence electrons. The van der Waals surface area contributed by atoms with E-state index in [0.717, 1.165) is 6.54 Å². The smallest absolute Gasteiger partial charge is 0.127 e. The Bertz CT molecular complexity index is 395. The molecule has 0 spiro atoms. The van der Waals surface area contributed by atoms with Gasteiger partial charge in [0.1, 0.15) is 5.82 Å². The van der Waals surface area contributed by atoms with Gasteiger partial charge in [-0.2, -0.15) is 0 Å². The molecule has 0 saturated heterocycles. The molecule has 0 aliphatic heterocycles. The molecule has 0 aliphatic rings. The van der Waals surface area contributed by atoms with Gasteiger partial charge in [-0.3, -0.25) is 4.90 Å². The van der Waals surface area contributed by atoms with Crippen LogP contribution in [-0.4, -0.2) is 23.5 Å². The Kier molecular flexibility index (Phi) is 5.02. The third-order valence-electron chi connectivity index (χ3n) is 3.06. The molecule has 1 aromatic carbocycles. The molecule has 4 heteroatoms. The van der Waals surface area contributed by atoms with Gasteiger partial charge in [0.05, 0.1) is 4.99 Å². The lowest BCUT2D eigenvalue weighted by molar-refractivity contribution is 0.242. The largest absolute Gasteiger partial charge is 0.393 e. The summed E-state index contributed by atoms with van der Waals surface area (Å²) in [7, 11) is 1.95. The highest BCUT2D eigenvalue weighted by molar-refractivity contribution is 7.80. The highest BCUT2D eigenvalue weighted by atomic mass is 32.1. The Morgan fingerprint density at radius 2 is 2.00 bits per heavy atom. The molecule has 0 bridgehead atoms. The number of halogens is 1. The molecule has 1 aromatic rings. The van der Waals surface area contributed by atoms with Crippen molar-refractivity contribution in [1.82, 2.24) is 4.90 Å². The van der Waals surface area contributed by atoms with Gasteiger partial charge in [-0.1, -0.05) is 37.3 Å². The van der Waals surface area contributed by atoms with Crippen LogP contribution >= 0.6 is 12.2 Å². The molecule has 0 aliphatic carbocycles. The number of benzene rings is 1. The summed E-state index contributed by atoms with van der Waals surface area (Å²) in [4.78, 5) is 2.56. The van der Waals surface area contributed by atoms with Crippen molar-refractivity contribution in [2.45, 2.75) is 19.9 Å². The van der Waals surface area contributed by atoms with E-state index in [1.54, 1.807) is 6.07 Å². The van der Waals surface area contributed by atoms with Crippen molar-refractivity contribution in [3.8, 4) is 0 Å². The van der Waals surface area contributed by atoms with Gasteiger partial charge in [0.15, 0.2) is 0 Å². The molecule has 2 unspecified atom stereocenters. The molecule has 2 atom stereocenters. The normalized spacial score (nSPS) is 14.6. The van der Waals surface area contributed by atoms with Crippen LogP contribution in [0.4, 0.5) is 4.39 Å². The third kappa shape index (κ3) is 3.75. The highest BCUT2D eigenvalue weighted by Gasteiger charge is 2.17. The van der Waals surface area contributed by atoms with Gasteiger partial charge < -0.3 is 5.73 Å². The van der Waals surface area contributed by atoms with Crippen LogP contribution in [0.15, 0.2) is 24.3 Å². The molecule has 2 N–H and O–H groups in total. The molecule has 0 fully saturated rings. The van der Waals surface area contributed by atoms with Gasteiger partial charge in [0, 0.05) is 24.1 Å². The second-order valence-electron chi connectivity index (χ2n) is 4.44. The summed E-state index contributed by atoms with van der Waals surface area (Å²) in [6.45, 7) is 4.68. The first-order valence-electron chi connectivity index (χ1n) is 5.67. The second-order valence-corrected chi connectivity index (χ2v) is 4.91. The van der Waals surface area contributed by atoms with Crippen LogP contribution in [0.5, 0.6) is 0 Å². The number of nitrogens with zero attached hydrogens (tertiary/aromatic N) is 1. The maximum atomic E-state index is 13.6. The van der Waals surface area contributed by atoms with Gasteiger partial charge in [0.25, 0.3) is 0 Å². The molecule has 0 aromatic heterocycles. The van der Waals surface area contributed by atoms with E-state index in [9.17, 15) is 4.39 Å². The highest BCUT2D eigenvalue weighted by Crippen LogP contribution is 2.22. The Morgan fingerprint density at radius 3 is 2.53 bits per heavy atom. The molecule has 0 saturated carbocycles. The van der Waals surface area contributed by atoms with Crippen molar-refractivity contribution in [1.29, 1.82) is 0 Å². The van der Waals surface area contributed by atoms with Crippen LogP contribution in [0, 0.1) is 11.7 Å². The average Bonchev–Trinajstić information content (AvgIpc) is 2.28. The Morgan fingerprint density at radius 1 is 1.41 bits per heavy atom. The first kappa shape index (κ1) is 14.1. The number of thiocarbonyl (C=S) groups is 1. The summed E-state index contributed by atoms with van der Waals surface area (Å²) in [5, 5.41) is 0. The second kappa shape index (κ2) is 6.07. The van der Waals surface area contributed by atoms with E-state index in [1.807, 2.05) is 33.0 Å². The van der Waals surface area contributed by atoms with Gasteiger partial charge in [0.2, 0.25) is 0 Å². The fourth-order valence-electron chi connectivity index (χ4n) is 1.73. The Hall–Kier alpha value is -1.00. The lowest BCUT2D eigenvalue weighted by Crippen LogP contribution is -2.33. The fourth-order valence-corrected chi connectivity index (χ4v) is 1.81. The SMILES string of the molecule is CC(CN(C)C(C)c1ccccc1F)C(N)=S. The van der Waals surface area contributed by atoms with E-state index >= 15 is 0 Å². The maximum Gasteiger partial charge on any atom is 0.127 e. The molecular formula is C13H19FN2S. The van der Waals surface area contributed by atoms with Crippen LogP contribution in [-0.2, 0) is 0 Å². The van der Waals surface area contributed by atoms with Gasteiger partial charge >= 0.3 is 0 Å². The monoisotopic (exact) mass is 254 g/mol. The Labute approximate surface area is 108 Å². The number of hydrogen-bond acceptors (Lipinski definition) is 2. The maximum absolute atomic E-state index is 13.6. The standard InChI is InChI=1S/C13H19FN2S/c1-9(13(15)17)8-16(3)10(2)11-6-4-5-7-12(11)14/h4-7,9-10H,8H2,1-3H3,(H2,15,17). The third-order valence-corrected chi connectivity index (χ3v) is 3.47. The van der Waals surface area contributed by atoms with Crippen molar-refractivity contribution >= 4 is 17.2 Å². The summed E-state index contributed by atoms with van der Waals surface area (Å²) >= 11 is 4.94. The molecule has 2 nitrogen and oxygen atoms in total. The average molecular weight is 254 g/mol. The van der Waals surface area contributed by atoms with Crippen molar-refractivity contribution in [2.75, 3.05) is 13.6 Å². The van der Waals surface area contributed by atoms with Crippen LogP contribution in [0.25, 0.3) is 0 Å². The first-order valence-corrected chi connectivity index (χ1v) is 6.08. The number of nitrogens with two attached hydrogens (primary N) is 1. The van der Waals surface area contributed by atoms with Crippen molar-refractivity contribution in [3.05, 3.63) is 35.6 Å². The van der Waals surface area contributed by atoms with Crippen molar-refractivity contribution < 1.29 is 4.39 Å². The quantitative estimate of drug-likeness (QED) is 0.819. The van der Waals surface area contributed by atoms with Gasteiger partial charge in [-0.15, -0.1) is 0 Å². The van der Waals surface area contributed by atoms with E-state index < -0.39 is 0 Å². The zero-order valence-electron chi connectivity index (χ0n) is 10.5. The minimum Gasteiger partial charge on any atom is -0.393 e. The van der Waals surface area contributed by atoms with E-state index in [1.165, 1.54) is 6.07 Å². The Balaban J connectivity index is 2.73. The topological polar surface area (TPSA) is 29.3 Å². The molecule has 1 rings (SSSR count). The van der Waals surface area contributed by atoms with E-state index in [2.05, 4.69) is 4.90 Å². The molecule has 0 heterocycles. The summed E-state index contributed by atoms with van der Waals surface area (Å²) in [6.07, 6.45) is 0. The van der Waals surface area contributed by atoms with Crippen LogP contribution in [0.1, 0.15) is 25.5 Å². The lowest BCUT2D eigenvalue weighted by atomic mass is 10.0. The van der Waals surface area contributed by atoms with Crippen LogP contribution < -0.4 is 5.73 Å². The van der Waals surface area contributed by atoms with Gasteiger partial charge in [-0.25, -0.2) is 4.39 Å². The molecule has 0 amide bonds. The van der Waals surface area contributed by atoms with E-state index in [4.69, 9.17) is 18.0 Å². The molecule has 17 heavy (non-hydrogen) atoms. The van der Waals surface area contributed by atoms with Crippen molar-refractivity contribution in [2.24, 2.45) is 11.7 Å². The summed E-state index contributed by atoms with van der Waals surface area (Å²) < 4.78 is 13.6. The van der Waals surface area contributed by atoms with Crippen LogP contribution in [0.3, 0.4) is 0 Å². The van der Waals surface area contributed by atoms with Crippen LogP contribution in [0.2, 0.25) is 0 Å². The zero-order chi connectivity index (χ0) is 13.0. The minimum absolute atomic E-state index is 0.00741. The van der Waals surface area contributed by atoms with Gasteiger partial charge in [-0.05, 0) is 20.0 Å². The minimum atomic E-state index is -0.171. The zero-order valence-corrected chi connectivity index (χ0v) is 11.3.